The molecule has 0 aromatic heterocycles. The third kappa shape index (κ3) is 7.87. The van der Waals surface area contributed by atoms with Crippen LogP contribution in [0.5, 0.6) is 0 Å². The van der Waals surface area contributed by atoms with Gasteiger partial charge in [0, 0.05) is 40.3 Å². The summed E-state index contributed by atoms with van der Waals surface area (Å²) in [5.41, 5.74) is 11.5. The van der Waals surface area contributed by atoms with Crippen LogP contribution in [0.25, 0.3) is 5.57 Å². The third-order valence-electron chi connectivity index (χ3n) is 7.65. The van der Waals surface area contributed by atoms with Gasteiger partial charge in [-0.2, -0.15) is 0 Å². The van der Waals surface area contributed by atoms with Gasteiger partial charge in [-0.15, -0.1) is 0 Å². The highest BCUT2D eigenvalue weighted by molar-refractivity contribution is 8.03. The smallest absolute Gasteiger partial charge is 0.267 e. The third-order valence-corrected chi connectivity index (χ3v) is 8.69. The van der Waals surface area contributed by atoms with E-state index in [2.05, 4.69) is 45.8 Å². The van der Waals surface area contributed by atoms with Crippen LogP contribution in [0.15, 0.2) is 77.0 Å². The van der Waals surface area contributed by atoms with Crippen molar-refractivity contribution in [3.63, 3.8) is 0 Å². The van der Waals surface area contributed by atoms with E-state index < -0.39 is 5.54 Å². The molecule has 0 saturated heterocycles. The highest BCUT2D eigenvalue weighted by atomic mass is 35.5. The predicted octanol–water partition coefficient (Wildman–Crippen LogP) is 4.93. The van der Waals surface area contributed by atoms with Gasteiger partial charge in [-0.25, -0.2) is 0 Å². The maximum absolute atomic E-state index is 13.6. The second-order valence-corrected chi connectivity index (χ2v) is 12.7. The molecule has 6 N–H and O–H groups in total. The van der Waals surface area contributed by atoms with E-state index in [-0.39, 0.29) is 29.4 Å². The Bertz CT molecular complexity index is 1620. The Hall–Kier alpha value is -4.13. The van der Waals surface area contributed by atoms with Crippen LogP contribution in [0.4, 0.5) is 0 Å². The van der Waals surface area contributed by atoms with E-state index in [0.29, 0.717) is 34.4 Å². The molecule has 2 aromatic carbocycles. The fraction of sp³-hybridized carbons (Fsp3) is 0.324. The van der Waals surface area contributed by atoms with E-state index in [4.69, 9.17) is 22.3 Å². The number of carbonyl (C=O) groups is 2. The van der Waals surface area contributed by atoms with Crippen LogP contribution in [0, 0.1) is 11.8 Å². The quantitative estimate of drug-likeness (QED) is 0.137. The summed E-state index contributed by atoms with van der Waals surface area (Å²) in [4.78, 5) is 31.1. The first-order valence-corrected chi connectivity index (χ1v) is 16.0. The first-order valence-electron chi connectivity index (χ1n) is 14.6. The van der Waals surface area contributed by atoms with E-state index >= 15 is 0 Å². The summed E-state index contributed by atoms with van der Waals surface area (Å²) in [6, 6.07) is 13.5. The van der Waals surface area contributed by atoms with E-state index in [0.717, 1.165) is 48.1 Å². The molecule has 0 radical (unpaired) electrons. The summed E-state index contributed by atoms with van der Waals surface area (Å²) in [5.74, 6) is 5.47. The molecule has 44 heavy (non-hydrogen) atoms. The summed E-state index contributed by atoms with van der Waals surface area (Å²) < 4.78 is 0. The molecule has 228 valence electrons. The lowest BCUT2D eigenvalue weighted by molar-refractivity contribution is -0.118. The van der Waals surface area contributed by atoms with Gasteiger partial charge in [0.15, 0.2) is 0 Å². The zero-order valence-corrected chi connectivity index (χ0v) is 26.5. The van der Waals surface area contributed by atoms with Crippen LogP contribution in [-0.2, 0) is 16.9 Å². The van der Waals surface area contributed by atoms with Gasteiger partial charge in [0.2, 0.25) is 0 Å². The van der Waals surface area contributed by atoms with Crippen molar-refractivity contribution in [1.29, 1.82) is 0 Å². The van der Waals surface area contributed by atoms with Crippen LogP contribution >= 0.6 is 23.4 Å². The molecule has 1 heterocycles. The number of amides is 2. The highest BCUT2D eigenvalue weighted by Crippen LogP contribution is 2.47. The molecule has 1 unspecified atom stereocenters. The Labute approximate surface area is 268 Å². The fourth-order valence-electron chi connectivity index (χ4n) is 5.08. The Morgan fingerprint density at radius 3 is 2.64 bits per heavy atom. The van der Waals surface area contributed by atoms with Crippen molar-refractivity contribution in [2.45, 2.75) is 63.0 Å². The molecule has 2 amide bonds. The number of hydrogen-bond donors (Lipinski definition) is 5. The lowest BCUT2D eigenvalue weighted by Crippen LogP contribution is -2.36. The average molecular weight is 629 g/mol. The van der Waals surface area contributed by atoms with Crippen LogP contribution in [0.1, 0.15) is 66.6 Å². The van der Waals surface area contributed by atoms with Crippen molar-refractivity contribution in [3.8, 4) is 11.8 Å². The number of aliphatic imine (C=N–C) groups is 1. The first kappa shape index (κ1) is 31.3. The zero-order chi connectivity index (χ0) is 31.3. The van der Waals surface area contributed by atoms with Gasteiger partial charge < -0.3 is 27.0 Å². The van der Waals surface area contributed by atoms with Crippen molar-refractivity contribution in [2.75, 3.05) is 6.54 Å². The monoisotopic (exact) mass is 628 g/mol. The second-order valence-electron chi connectivity index (χ2n) is 11.2. The van der Waals surface area contributed by atoms with Gasteiger partial charge in [0.05, 0.1) is 23.8 Å². The van der Waals surface area contributed by atoms with Crippen molar-refractivity contribution in [1.82, 2.24) is 21.3 Å². The highest BCUT2D eigenvalue weighted by Gasteiger charge is 2.46. The second kappa shape index (κ2) is 13.7. The lowest BCUT2D eigenvalue weighted by atomic mass is 9.94. The Morgan fingerprint density at radius 1 is 1.18 bits per heavy atom. The molecule has 3 aliphatic rings. The topological polar surface area (TPSA) is 121 Å². The van der Waals surface area contributed by atoms with Gasteiger partial charge in [-0.3, -0.25) is 14.6 Å². The van der Waals surface area contributed by atoms with E-state index in [9.17, 15) is 9.59 Å². The first-order chi connectivity index (χ1) is 21.1. The molecular weight excluding hydrogens is 592 g/mol. The van der Waals surface area contributed by atoms with E-state index in [1.54, 1.807) is 17.8 Å². The molecule has 2 fully saturated rings. The molecule has 0 spiro atoms. The maximum Gasteiger partial charge on any atom is 0.267 e. The van der Waals surface area contributed by atoms with Gasteiger partial charge in [-0.1, -0.05) is 60.0 Å². The van der Waals surface area contributed by atoms with Gasteiger partial charge in [0.25, 0.3) is 11.8 Å². The minimum Gasteiger partial charge on any atom is -0.402 e. The normalized spacial score (nSPS) is 18.7. The molecule has 1 atom stereocenters. The van der Waals surface area contributed by atoms with Gasteiger partial charge in [0.1, 0.15) is 5.37 Å². The Morgan fingerprint density at radius 2 is 1.95 bits per heavy atom. The number of allylic oxidation sites excluding steroid dienone is 2. The summed E-state index contributed by atoms with van der Waals surface area (Å²) in [6.07, 6.45) is 5.63. The van der Waals surface area contributed by atoms with Gasteiger partial charge >= 0.3 is 0 Å². The molecule has 2 aliphatic carbocycles. The minimum absolute atomic E-state index is 0.0253. The summed E-state index contributed by atoms with van der Waals surface area (Å²) in [5, 5.41) is 14.7. The van der Waals surface area contributed by atoms with Crippen LogP contribution in [0.2, 0.25) is 5.02 Å². The molecule has 5 rings (SSSR count). The van der Waals surface area contributed by atoms with Gasteiger partial charge in [-0.05, 0) is 85.9 Å². The van der Waals surface area contributed by atoms with Crippen molar-refractivity contribution >= 4 is 46.5 Å². The van der Waals surface area contributed by atoms with Crippen molar-refractivity contribution in [3.05, 3.63) is 99.3 Å². The number of hydrogen-bond acceptors (Lipinski definition) is 7. The number of halogens is 1. The molecule has 2 aromatic rings. The van der Waals surface area contributed by atoms with Crippen molar-refractivity contribution < 1.29 is 9.59 Å². The number of carbonyl (C=O) groups excluding carboxylic acids is 2. The summed E-state index contributed by atoms with van der Waals surface area (Å²) in [7, 11) is 0. The molecule has 1 aliphatic heterocycles. The SMILES string of the molecule is C=C(NCC#CC1NC=CS1)C(=O)NCc1ccccc1C(=O)NC1(c2cc(Cl)cc(/C(C(C)=NC3CC3)=C(\C)N)c2)CC1. The van der Waals surface area contributed by atoms with Crippen LogP contribution in [-0.4, -0.2) is 35.5 Å². The molecule has 10 heteroatoms. The minimum atomic E-state index is -0.538. The molecule has 2 saturated carbocycles. The summed E-state index contributed by atoms with van der Waals surface area (Å²) >= 11 is 8.20. The molecule has 0 bridgehead atoms. The standard InChI is InChI=1S/C34H37ClN6O2S/c1-21(36)31(22(2)40-28-10-11-28)25-17-26(19-27(35)18-25)34(12-13-34)41-33(43)29-8-5-4-7-24(29)20-39-32(42)23(3)37-14-6-9-30-38-15-16-44-30/h4-5,7-8,15-19,28,30,37-38H,3,10-14,20,36H2,1-2H3,(H,39,42)(H,41,43)/b31-21+,40-22?. The predicted molar refractivity (Wildman–Crippen MR) is 180 cm³/mol. The maximum atomic E-state index is 13.6. The fourth-order valence-corrected chi connectivity index (χ4v) is 5.94. The lowest BCUT2D eigenvalue weighted by Gasteiger charge is -2.21. The zero-order valence-electron chi connectivity index (χ0n) is 24.9. The van der Waals surface area contributed by atoms with Crippen LogP contribution < -0.4 is 27.0 Å². The van der Waals surface area contributed by atoms with Crippen LogP contribution in [0.3, 0.4) is 0 Å². The van der Waals surface area contributed by atoms with Crippen molar-refractivity contribution in [2.24, 2.45) is 10.7 Å². The largest absolute Gasteiger partial charge is 0.402 e. The molecule has 8 nitrogen and oxygen atoms in total. The number of thioether (sulfide) groups is 1. The number of nitrogens with one attached hydrogen (secondary N) is 4. The molecular formula is C34H37ClN6O2S. The summed E-state index contributed by atoms with van der Waals surface area (Å²) in [6.45, 7) is 8.14. The number of benzene rings is 2. The Kier molecular flexibility index (Phi) is 9.72. The Balaban J connectivity index is 1.24. The van der Waals surface area contributed by atoms with E-state index in [1.165, 1.54) is 0 Å². The van der Waals surface area contributed by atoms with E-state index in [1.807, 2.05) is 55.8 Å². The number of rotatable bonds is 11. The number of nitrogens with two attached hydrogens (primary N) is 1. The number of nitrogens with zero attached hydrogens (tertiary/aromatic N) is 1. The average Bonchev–Trinajstić information content (AvgIpc) is 3.92.